The zero-order valence-corrected chi connectivity index (χ0v) is 12.3. The van der Waals surface area contributed by atoms with Gasteiger partial charge in [-0.25, -0.2) is 0 Å². The van der Waals surface area contributed by atoms with Gasteiger partial charge in [0.2, 0.25) is 0 Å². The summed E-state index contributed by atoms with van der Waals surface area (Å²) in [6, 6.07) is 4.42. The first kappa shape index (κ1) is 12.9. The third-order valence-corrected chi connectivity index (χ3v) is 4.17. The molecule has 94 valence electrons. The van der Waals surface area contributed by atoms with Gasteiger partial charge in [-0.2, -0.15) is 0 Å². The van der Waals surface area contributed by atoms with Crippen molar-refractivity contribution in [3.8, 4) is 5.75 Å². The van der Waals surface area contributed by atoms with Gasteiger partial charge in [0.15, 0.2) is 0 Å². The Hall–Kier alpha value is -0.540. The maximum Gasteiger partial charge on any atom is 0.133 e. The number of hydrogen-bond acceptors (Lipinski definition) is 2. The number of hydrogen-bond donors (Lipinski definition) is 1. The lowest BCUT2D eigenvalue weighted by atomic mass is 9.85. The molecule has 1 aromatic carbocycles. The lowest BCUT2D eigenvalue weighted by molar-refractivity contribution is 0.411. The van der Waals surface area contributed by atoms with E-state index in [4.69, 9.17) is 4.74 Å². The molecule has 0 saturated heterocycles. The van der Waals surface area contributed by atoms with E-state index in [0.717, 1.165) is 29.7 Å². The number of methoxy groups -OCH3 is 1. The number of benzene rings is 1. The summed E-state index contributed by atoms with van der Waals surface area (Å²) in [5.74, 6) is 2.18. The first-order chi connectivity index (χ1) is 8.13. The van der Waals surface area contributed by atoms with Crippen LogP contribution in [0.5, 0.6) is 5.75 Å². The predicted molar refractivity (Wildman–Crippen MR) is 74.8 cm³/mol. The van der Waals surface area contributed by atoms with Crippen molar-refractivity contribution < 1.29 is 4.74 Å². The van der Waals surface area contributed by atoms with Gasteiger partial charge < -0.3 is 10.1 Å². The largest absolute Gasteiger partial charge is 0.496 e. The Morgan fingerprint density at radius 1 is 1.41 bits per heavy atom. The van der Waals surface area contributed by atoms with Gasteiger partial charge in [-0.15, -0.1) is 0 Å². The van der Waals surface area contributed by atoms with Crippen molar-refractivity contribution in [1.29, 1.82) is 0 Å². The third kappa shape index (κ3) is 2.66. The Bertz CT molecular complexity index is 403. The van der Waals surface area contributed by atoms with E-state index >= 15 is 0 Å². The quantitative estimate of drug-likeness (QED) is 0.904. The summed E-state index contributed by atoms with van der Waals surface area (Å²) in [6.07, 6.45) is 1.09. The highest BCUT2D eigenvalue weighted by Gasteiger charge is 2.22. The summed E-state index contributed by atoms with van der Waals surface area (Å²) in [6.45, 7) is 6.71. The van der Waals surface area contributed by atoms with Crippen LogP contribution in [0, 0.1) is 5.92 Å². The van der Waals surface area contributed by atoms with Gasteiger partial charge in [0.05, 0.1) is 11.6 Å². The smallest absolute Gasteiger partial charge is 0.133 e. The molecule has 17 heavy (non-hydrogen) atoms. The number of nitrogens with one attached hydrogen (secondary N) is 1. The van der Waals surface area contributed by atoms with E-state index in [1.54, 1.807) is 7.11 Å². The average molecular weight is 298 g/mol. The molecule has 0 bridgehead atoms. The minimum atomic E-state index is 0.592. The molecular formula is C14H20BrNO. The fourth-order valence-corrected chi connectivity index (χ4v) is 3.04. The molecule has 1 aliphatic rings. The number of ether oxygens (including phenoxy) is 1. The SMILES string of the molecule is COc1cc2c(cc1Br)[C@H](C(C)C)CNCC2. The molecule has 2 nitrogen and oxygen atoms in total. The van der Waals surface area contributed by atoms with E-state index in [1.807, 2.05) is 0 Å². The number of halogens is 1. The van der Waals surface area contributed by atoms with Gasteiger partial charge in [-0.1, -0.05) is 13.8 Å². The van der Waals surface area contributed by atoms with Crippen molar-refractivity contribution in [2.45, 2.75) is 26.2 Å². The average Bonchev–Trinajstić information content (AvgIpc) is 2.49. The third-order valence-electron chi connectivity index (χ3n) is 3.55. The Morgan fingerprint density at radius 3 is 2.82 bits per heavy atom. The molecule has 0 radical (unpaired) electrons. The molecule has 1 heterocycles. The van der Waals surface area contributed by atoms with Crippen molar-refractivity contribution in [3.63, 3.8) is 0 Å². The first-order valence-electron chi connectivity index (χ1n) is 6.20. The molecule has 0 amide bonds. The Morgan fingerprint density at radius 2 is 2.18 bits per heavy atom. The fourth-order valence-electron chi connectivity index (χ4n) is 2.51. The van der Waals surface area contributed by atoms with Gasteiger partial charge in [-0.05, 0) is 64.0 Å². The van der Waals surface area contributed by atoms with Crippen LogP contribution in [0.4, 0.5) is 0 Å². The predicted octanol–water partition coefficient (Wildman–Crippen LogP) is 3.34. The van der Waals surface area contributed by atoms with Gasteiger partial charge in [0.1, 0.15) is 5.75 Å². The van der Waals surface area contributed by atoms with Crippen LogP contribution in [0.2, 0.25) is 0 Å². The highest BCUT2D eigenvalue weighted by molar-refractivity contribution is 9.10. The highest BCUT2D eigenvalue weighted by Crippen LogP contribution is 2.35. The molecule has 0 unspecified atom stereocenters. The second-order valence-electron chi connectivity index (χ2n) is 4.99. The summed E-state index contributed by atoms with van der Waals surface area (Å²) in [4.78, 5) is 0. The van der Waals surface area contributed by atoms with Crippen LogP contribution < -0.4 is 10.1 Å². The molecule has 0 fully saturated rings. The minimum Gasteiger partial charge on any atom is -0.496 e. The molecule has 1 N–H and O–H groups in total. The normalized spacial score (nSPS) is 19.9. The van der Waals surface area contributed by atoms with Crippen LogP contribution >= 0.6 is 15.9 Å². The number of rotatable bonds is 2. The van der Waals surface area contributed by atoms with Crippen LogP contribution in [0.15, 0.2) is 16.6 Å². The molecule has 1 atom stereocenters. The molecule has 1 aromatic rings. The van der Waals surface area contributed by atoms with Crippen LogP contribution in [-0.2, 0) is 6.42 Å². The standard InChI is InChI=1S/C14H20BrNO/c1-9(2)12-8-16-5-4-10-6-14(17-3)13(15)7-11(10)12/h6-7,9,12,16H,4-5,8H2,1-3H3/t12-/m0/s1. The van der Waals surface area contributed by atoms with E-state index in [1.165, 1.54) is 11.1 Å². The molecule has 3 heteroatoms. The van der Waals surface area contributed by atoms with Crippen LogP contribution in [-0.4, -0.2) is 20.2 Å². The lowest BCUT2D eigenvalue weighted by Gasteiger charge is -2.22. The van der Waals surface area contributed by atoms with E-state index in [-0.39, 0.29) is 0 Å². The van der Waals surface area contributed by atoms with Crippen molar-refractivity contribution in [1.82, 2.24) is 5.32 Å². The summed E-state index contributed by atoms with van der Waals surface area (Å²) in [5, 5.41) is 3.53. The summed E-state index contributed by atoms with van der Waals surface area (Å²) < 4.78 is 6.44. The Balaban J connectivity index is 2.47. The van der Waals surface area contributed by atoms with Crippen molar-refractivity contribution >= 4 is 15.9 Å². The maximum absolute atomic E-state index is 5.38. The maximum atomic E-state index is 5.38. The monoisotopic (exact) mass is 297 g/mol. The molecule has 0 saturated carbocycles. The first-order valence-corrected chi connectivity index (χ1v) is 6.99. The molecule has 2 rings (SSSR count). The Labute approximate surface area is 112 Å². The van der Waals surface area contributed by atoms with Gasteiger partial charge in [0.25, 0.3) is 0 Å². The van der Waals surface area contributed by atoms with E-state index in [0.29, 0.717) is 11.8 Å². The van der Waals surface area contributed by atoms with Gasteiger partial charge >= 0.3 is 0 Å². The van der Waals surface area contributed by atoms with E-state index in [2.05, 4.69) is 47.2 Å². The second kappa shape index (κ2) is 5.40. The molecule has 0 spiro atoms. The summed E-state index contributed by atoms with van der Waals surface area (Å²) in [5.41, 5.74) is 2.89. The molecule has 1 aliphatic heterocycles. The van der Waals surface area contributed by atoms with Crippen molar-refractivity contribution in [2.24, 2.45) is 5.92 Å². The fraction of sp³-hybridized carbons (Fsp3) is 0.571. The lowest BCUT2D eigenvalue weighted by Crippen LogP contribution is -2.23. The molecule has 0 aliphatic carbocycles. The summed E-state index contributed by atoms with van der Waals surface area (Å²) in [7, 11) is 1.72. The minimum absolute atomic E-state index is 0.592. The second-order valence-corrected chi connectivity index (χ2v) is 5.84. The summed E-state index contributed by atoms with van der Waals surface area (Å²) >= 11 is 3.59. The van der Waals surface area contributed by atoms with Crippen LogP contribution in [0.1, 0.15) is 30.9 Å². The van der Waals surface area contributed by atoms with Crippen LogP contribution in [0.3, 0.4) is 0 Å². The van der Waals surface area contributed by atoms with Gasteiger partial charge in [-0.3, -0.25) is 0 Å². The van der Waals surface area contributed by atoms with Crippen LogP contribution in [0.25, 0.3) is 0 Å². The zero-order valence-electron chi connectivity index (χ0n) is 10.7. The van der Waals surface area contributed by atoms with Gasteiger partial charge in [0, 0.05) is 6.54 Å². The Kier molecular flexibility index (Phi) is 4.10. The molecule has 0 aromatic heterocycles. The van der Waals surface area contributed by atoms with E-state index in [9.17, 15) is 0 Å². The topological polar surface area (TPSA) is 21.3 Å². The van der Waals surface area contributed by atoms with E-state index < -0.39 is 0 Å². The highest BCUT2D eigenvalue weighted by atomic mass is 79.9. The van der Waals surface area contributed by atoms with Crippen molar-refractivity contribution in [2.75, 3.05) is 20.2 Å². The zero-order chi connectivity index (χ0) is 12.4. The van der Waals surface area contributed by atoms with Crippen molar-refractivity contribution in [3.05, 3.63) is 27.7 Å². The molecular weight excluding hydrogens is 278 g/mol. The number of fused-ring (bicyclic) bond motifs is 1.